The molecule has 1 aromatic heterocycles. The molecule has 3 aliphatic rings. The number of anilines is 3. The van der Waals surface area contributed by atoms with E-state index in [0.717, 1.165) is 45.0 Å². The summed E-state index contributed by atoms with van der Waals surface area (Å²) in [5, 5.41) is 3.10. The molecule has 4 heterocycles. The number of amides is 1. The van der Waals surface area contributed by atoms with Gasteiger partial charge in [0.15, 0.2) is 5.82 Å². The lowest BCUT2D eigenvalue weighted by Gasteiger charge is -2.42. The van der Waals surface area contributed by atoms with Crippen molar-refractivity contribution >= 4 is 52.7 Å². The van der Waals surface area contributed by atoms with Gasteiger partial charge in [0.05, 0.1) is 30.7 Å². The number of nitrogen functional groups attached to an aromatic ring is 1. The SMILES string of the molecule is CC(C)(C)SNC1COCC12CCN(c1cnc(Sc3cccc4c3C(=O)C(=O)N4)c(N)n1)CC2. The second kappa shape index (κ2) is 9.27. The quantitative estimate of drug-likeness (QED) is 0.404. The number of Topliss-reactive ketones (excluding diaryl/α,β-unsaturated/α-hetero) is 1. The molecule has 4 N–H and O–H groups in total. The number of hydrogen-bond donors (Lipinski definition) is 3. The van der Waals surface area contributed by atoms with E-state index in [0.29, 0.717) is 33.0 Å². The monoisotopic (exact) mass is 514 g/mol. The van der Waals surface area contributed by atoms with Crippen LogP contribution in [0.3, 0.4) is 0 Å². The van der Waals surface area contributed by atoms with Crippen LogP contribution in [0, 0.1) is 5.41 Å². The Labute approximate surface area is 213 Å². The van der Waals surface area contributed by atoms with Crippen LogP contribution in [0.25, 0.3) is 0 Å². The van der Waals surface area contributed by atoms with Crippen LogP contribution in [0.15, 0.2) is 34.3 Å². The highest BCUT2D eigenvalue weighted by atomic mass is 32.2. The number of piperidine rings is 1. The molecule has 11 heteroatoms. The van der Waals surface area contributed by atoms with Gasteiger partial charge in [0, 0.05) is 34.2 Å². The van der Waals surface area contributed by atoms with Crippen molar-refractivity contribution in [3.8, 4) is 0 Å². The van der Waals surface area contributed by atoms with E-state index in [1.807, 2.05) is 0 Å². The highest BCUT2D eigenvalue weighted by molar-refractivity contribution is 7.99. The Morgan fingerprint density at radius 3 is 2.74 bits per heavy atom. The van der Waals surface area contributed by atoms with Gasteiger partial charge >= 0.3 is 0 Å². The van der Waals surface area contributed by atoms with Gasteiger partial charge in [-0.1, -0.05) is 29.8 Å². The molecule has 9 nitrogen and oxygen atoms in total. The second-order valence-electron chi connectivity index (χ2n) is 10.2. The highest BCUT2D eigenvalue weighted by Crippen LogP contribution is 2.42. The number of ether oxygens (including phenoxy) is 1. The van der Waals surface area contributed by atoms with Gasteiger partial charge in [0.2, 0.25) is 0 Å². The number of nitrogens with two attached hydrogens (primary N) is 1. The van der Waals surface area contributed by atoms with E-state index in [9.17, 15) is 9.59 Å². The second-order valence-corrected chi connectivity index (χ2v) is 12.9. The van der Waals surface area contributed by atoms with E-state index in [2.05, 4.69) is 45.7 Å². The number of hydrogen-bond acceptors (Lipinski definition) is 10. The van der Waals surface area contributed by atoms with Crippen molar-refractivity contribution < 1.29 is 14.3 Å². The van der Waals surface area contributed by atoms with Crippen molar-refractivity contribution in [3.05, 3.63) is 30.0 Å². The first-order valence-electron chi connectivity index (χ1n) is 11.7. The smallest absolute Gasteiger partial charge is 0.296 e. The Morgan fingerprint density at radius 1 is 1.26 bits per heavy atom. The lowest BCUT2D eigenvalue weighted by Crippen LogP contribution is -2.50. The standard InChI is InChI=1S/C24H30N6O3S2/c1-23(2,3)35-29-16-12-33-13-24(16)7-9-30(10-8-24)17-11-26-22(20(25)28-17)34-15-6-4-5-14-18(15)19(31)21(32)27-14/h4-6,11,16,29H,7-10,12-13H2,1-3H3,(H2,25,28)(H,27,31,32). The molecular weight excluding hydrogens is 484 g/mol. The molecule has 186 valence electrons. The van der Waals surface area contributed by atoms with Crippen LogP contribution in [0.4, 0.5) is 17.3 Å². The first-order valence-corrected chi connectivity index (χ1v) is 13.3. The van der Waals surface area contributed by atoms with Crippen LogP contribution in [0.1, 0.15) is 44.0 Å². The molecule has 2 saturated heterocycles. The van der Waals surface area contributed by atoms with Crippen LogP contribution < -0.4 is 20.7 Å². The Kier molecular flexibility index (Phi) is 6.45. The van der Waals surface area contributed by atoms with Crippen molar-refractivity contribution in [2.45, 2.75) is 54.3 Å². The average Bonchev–Trinajstić information content (AvgIpc) is 3.34. The van der Waals surface area contributed by atoms with E-state index >= 15 is 0 Å². The molecular formula is C24H30N6O3S2. The minimum absolute atomic E-state index is 0.134. The van der Waals surface area contributed by atoms with Crippen LogP contribution in [0.2, 0.25) is 0 Å². The summed E-state index contributed by atoms with van der Waals surface area (Å²) in [7, 11) is 0. The summed E-state index contributed by atoms with van der Waals surface area (Å²) in [4.78, 5) is 36.1. The molecule has 0 aliphatic carbocycles. The first-order chi connectivity index (χ1) is 16.7. The summed E-state index contributed by atoms with van der Waals surface area (Å²) < 4.78 is 9.72. The molecule has 0 radical (unpaired) electrons. The predicted molar refractivity (Wildman–Crippen MR) is 139 cm³/mol. The van der Waals surface area contributed by atoms with Crippen molar-refractivity contribution in [1.29, 1.82) is 0 Å². The fourth-order valence-electron chi connectivity index (χ4n) is 4.70. The molecule has 0 bridgehead atoms. The lowest BCUT2D eigenvalue weighted by atomic mass is 9.75. The molecule has 35 heavy (non-hydrogen) atoms. The summed E-state index contributed by atoms with van der Waals surface area (Å²) >= 11 is 3.03. The lowest BCUT2D eigenvalue weighted by molar-refractivity contribution is -0.112. The molecule has 2 fully saturated rings. The Morgan fingerprint density at radius 2 is 2.03 bits per heavy atom. The number of rotatable bonds is 5. The van der Waals surface area contributed by atoms with Crippen LogP contribution in [-0.4, -0.2) is 58.8 Å². The molecule has 1 amide bonds. The van der Waals surface area contributed by atoms with Gasteiger partial charge in [0.1, 0.15) is 10.8 Å². The molecule has 1 unspecified atom stereocenters. The number of ketones is 1. The van der Waals surface area contributed by atoms with Gasteiger partial charge in [-0.05, 0) is 45.7 Å². The molecule has 1 spiro atoms. The molecule has 2 aromatic rings. The van der Waals surface area contributed by atoms with Gasteiger partial charge in [-0.2, -0.15) is 0 Å². The van der Waals surface area contributed by atoms with E-state index in [1.54, 1.807) is 36.3 Å². The summed E-state index contributed by atoms with van der Waals surface area (Å²) in [6, 6.07) is 5.62. The van der Waals surface area contributed by atoms with Crippen LogP contribution in [-0.2, 0) is 9.53 Å². The zero-order chi connectivity index (χ0) is 24.8. The largest absolute Gasteiger partial charge is 0.381 e. The van der Waals surface area contributed by atoms with E-state index in [4.69, 9.17) is 10.5 Å². The summed E-state index contributed by atoms with van der Waals surface area (Å²) in [6.45, 7) is 9.87. The zero-order valence-electron chi connectivity index (χ0n) is 20.1. The third kappa shape index (κ3) is 4.87. The number of carbonyl (C=O) groups excluding carboxylic acids is 2. The molecule has 1 atom stereocenters. The normalized spacial score (nSPS) is 21.5. The van der Waals surface area contributed by atoms with Crippen LogP contribution in [0.5, 0.6) is 0 Å². The van der Waals surface area contributed by atoms with E-state index in [1.165, 1.54) is 11.8 Å². The minimum Gasteiger partial charge on any atom is -0.381 e. The number of fused-ring (bicyclic) bond motifs is 1. The van der Waals surface area contributed by atoms with E-state index < -0.39 is 11.7 Å². The van der Waals surface area contributed by atoms with Gasteiger partial charge in [0.25, 0.3) is 11.7 Å². The predicted octanol–water partition coefficient (Wildman–Crippen LogP) is 3.37. The first kappa shape index (κ1) is 24.4. The van der Waals surface area contributed by atoms with Gasteiger partial charge in [-0.3, -0.25) is 14.3 Å². The fourth-order valence-corrected chi connectivity index (χ4v) is 6.43. The Hall–Kier alpha value is -2.34. The topological polar surface area (TPSA) is 122 Å². The maximum absolute atomic E-state index is 12.3. The number of aromatic nitrogens is 2. The Bertz CT molecular complexity index is 1160. The highest BCUT2D eigenvalue weighted by Gasteiger charge is 2.46. The minimum atomic E-state index is -0.618. The number of benzene rings is 1. The van der Waals surface area contributed by atoms with Gasteiger partial charge in [-0.15, -0.1) is 0 Å². The maximum atomic E-state index is 12.3. The fraction of sp³-hybridized carbons (Fsp3) is 0.500. The maximum Gasteiger partial charge on any atom is 0.296 e. The molecule has 3 aliphatic heterocycles. The van der Waals surface area contributed by atoms with E-state index in [-0.39, 0.29) is 10.2 Å². The third-order valence-electron chi connectivity index (χ3n) is 6.67. The number of nitrogens with zero attached hydrogens (tertiary/aromatic N) is 3. The van der Waals surface area contributed by atoms with Gasteiger partial charge < -0.3 is 20.7 Å². The van der Waals surface area contributed by atoms with Crippen molar-refractivity contribution in [1.82, 2.24) is 14.7 Å². The summed E-state index contributed by atoms with van der Waals surface area (Å²) in [5.74, 6) is -0.105. The average molecular weight is 515 g/mol. The van der Waals surface area contributed by atoms with Gasteiger partial charge in [-0.25, -0.2) is 9.97 Å². The zero-order valence-corrected chi connectivity index (χ0v) is 21.7. The molecule has 1 aromatic carbocycles. The summed E-state index contributed by atoms with van der Waals surface area (Å²) in [5.41, 5.74) is 7.29. The van der Waals surface area contributed by atoms with Crippen LogP contribution >= 0.6 is 23.7 Å². The Balaban J connectivity index is 1.26. The molecule has 5 rings (SSSR count). The number of carbonyl (C=O) groups is 2. The number of nitrogens with one attached hydrogen (secondary N) is 2. The molecule has 0 saturated carbocycles. The van der Waals surface area contributed by atoms with Crippen molar-refractivity contribution in [2.24, 2.45) is 5.41 Å². The van der Waals surface area contributed by atoms with Crippen molar-refractivity contribution in [2.75, 3.05) is 42.3 Å². The third-order valence-corrected chi connectivity index (χ3v) is 8.75. The van der Waals surface area contributed by atoms with Crippen molar-refractivity contribution in [3.63, 3.8) is 0 Å². The summed E-state index contributed by atoms with van der Waals surface area (Å²) in [6.07, 6.45) is 3.75.